The van der Waals surface area contributed by atoms with Gasteiger partial charge in [0.05, 0.1) is 4.90 Å². The summed E-state index contributed by atoms with van der Waals surface area (Å²) in [6, 6.07) is 21.0. The Morgan fingerprint density at radius 3 is 2.20 bits per heavy atom. The number of benzene rings is 2. The largest absolute Gasteiger partial charge is 0.453 e. The van der Waals surface area contributed by atoms with Gasteiger partial charge in [0, 0.05) is 32.7 Å². The van der Waals surface area contributed by atoms with Crippen LogP contribution < -0.4 is 0 Å². The Labute approximate surface area is 205 Å². The predicted molar refractivity (Wildman–Crippen MR) is 129 cm³/mol. The van der Waals surface area contributed by atoms with E-state index in [9.17, 15) is 18.0 Å². The first-order chi connectivity index (χ1) is 16.8. The summed E-state index contributed by atoms with van der Waals surface area (Å²) in [4.78, 5) is 29.4. The van der Waals surface area contributed by atoms with Crippen molar-refractivity contribution in [3.63, 3.8) is 0 Å². The second kappa shape index (κ2) is 10.9. The number of furan rings is 1. The first-order valence-corrected chi connectivity index (χ1v) is 13.1. The van der Waals surface area contributed by atoms with Crippen LogP contribution in [0.4, 0.5) is 0 Å². The third kappa shape index (κ3) is 6.37. The van der Waals surface area contributed by atoms with Crippen LogP contribution in [0.5, 0.6) is 0 Å². The van der Waals surface area contributed by atoms with Crippen molar-refractivity contribution in [2.45, 2.75) is 30.2 Å². The van der Waals surface area contributed by atoms with Gasteiger partial charge < -0.3 is 14.1 Å². The molecule has 1 fully saturated rings. The molecule has 0 bridgehead atoms. The molecule has 2 heterocycles. The SMILES string of the molecule is CC(OC(=O)c1ccc(CS(=O)(=O)c2ccccc2)o1)C(=O)N1CCN(Cc2ccccc2)CC1. The van der Waals surface area contributed by atoms with E-state index in [0.717, 1.165) is 19.6 Å². The zero-order valence-electron chi connectivity index (χ0n) is 19.5. The number of nitrogens with zero attached hydrogens (tertiary/aromatic N) is 2. The molecule has 0 saturated carbocycles. The van der Waals surface area contributed by atoms with E-state index in [-0.39, 0.29) is 28.1 Å². The summed E-state index contributed by atoms with van der Waals surface area (Å²) in [6.45, 7) is 4.93. The molecule has 0 aliphatic carbocycles. The summed E-state index contributed by atoms with van der Waals surface area (Å²) in [7, 11) is -3.61. The Morgan fingerprint density at radius 1 is 0.914 bits per heavy atom. The van der Waals surface area contributed by atoms with Crippen molar-refractivity contribution in [2.24, 2.45) is 0 Å². The number of hydrogen-bond acceptors (Lipinski definition) is 7. The van der Waals surface area contributed by atoms with Crippen molar-refractivity contribution in [3.8, 4) is 0 Å². The third-order valence-corrected chi connectivity index (χ3v) is 7.52. The maximum absolute atomic E-state index is 12.8. The minimum absolute atomic E-state index is 0.120. The van der Waals surface area contributed by atoms with E-state index in [1.54, 1.807) is 23.1 Å². The standard InChI is InChI=1S/C26H28N2O6S/c1-20(25(29)28-16-14-27(15-17-28)18-21-8-4-2-5-9-21)33-26(30)24-13-12-22(34-24)19-35(31,32)23-10-6-3-7-11-23/h2-13,20H,14-19H2,1H3. The second-order valence-corrected chi connectivity index (χ2v) is 10.5. The minimum Gasteiger partial charge on any atom is -0.453 e. The van der Waals surface area contributed by atoms with E-state index in [2.05, 4.69) is 17.0 Å². The van der Waals surface area contributed by atoms with Gasteiger partial charge in [0.1, 0.15) is 11.5 Å². The smallest absolute Gasteiger partial charge is 0.375 e. The fraction of sp³-hybridized carbons (Fsp3) is 0.308. The number of ether oxygens (including phenoxy) is 1. The third-order valence-electron chi connectivity index (χ3n) is 5.86. The molecule has 0 radical (unpaired) electrons. The lowest BCUT2D eigenvalue weighted by Gasteiger charge is -2.35. The van der Waals surface area contributed by atoms with E-state index in [4.69, 9.17) is 9.15 Å². The summed E-state index contributed by atoms with van der Waals surface area (Å²) in [6.07, 6.45) is -0.982. The van der Waals surface area contributed by atoms with E-state index in [1.807, 2.05) is 18.2 Å². The van der Waals surface area contributed by atoms with Gasteiger partial charge in [0.15, 0.2) is 15.9 Å². The van der Waals surface area contributed by atoms with E-state index in [1.165, 1.54) is 36.8 Å². The molecule has 0 N–H and O–H groups in total. The Bertz CT molecular complexity index is 1250. The summed E-state index contributed by atoms with van der Waals surface area (Å²) in [5, 5.41) is 0. The molecule has 1 saturated heterocycles. The number of carbonyl (C=O) groups excluding carboxylic acids is 2. The molecule has 1 aromatic heterocycles. The zero-order valence-corrected chi connectivity index (χ0v) is 20.3. The number of hydrogen-bond donors (Lipinski definition) is 0. The highest BCUT2D eigenvalue weighted by atomic mass is 32.2. The molecule has 1 unspecified atom stereocenters. The van der Waals surface area contributed by atoms with Crippen molar-refractivity contribution in [2.75, 3.05) is 26.2 Å². The van der Waals surface area contributed by atoms with Gasteiger partial charge in [0.25, 0.3) is 5.91 Å². The van der Waals surface area contributed by atoms with Crippen LogP contribution in [0.3, 0.4) is 0 Å². The summed E-state index contributed by atoms with van der Waals surface area (Å²) >= 11 is 0. The van der Waals surface area contributed by atoms with Crippen LogP contribution in [0, 0.1) is 0 Å². The lowest BCUT2D eigenvalue weighted by molar-refractivity contribution is -0.141. The van der Waals surface area contributed by atoms with Crippen molar-refractivity contribution < 1.29 is 27.2 Å². The van der Waals surface area contributed by atoms with Gasteiger partial charge in [-0.05, 0) is 36.8 Å². The fourth-order valence-electron chi connectivity index (χ4n) is 3.96. The molecule has 3 aromatic rings. The molecular weight excluding hydrogens is 468 g/mol. The van der Waals surface area contributed by atoms with Gasteiger partial charge in [-0.25, -0.2) is 13.2 Å². The van der Waals surface area contributed by atoms with Crippen molar-refractivity contribution in [1.82, 2.24) is 9.80 Å². The molecule has 1 aliphatic rings. The maximum Gasteiger partial charge on any atom is 0.375 e. The lowest BCUT2D eigenvalue weighted by Crippen LogP contribution is -2.51. The molecule has 184 valence electrons. The highest BCUT2D eigenvalue weighted by Crippen LogP contribution is 2.19. The number of rotatable bonds is 8. The summed E-state index contributed by atoms with van der Waals surface area (Å²) in [5.41, 5.74) is 1.23. The van der Waals surface area contributed by atoms with Crippen molar-refractivity contribution in [1.29, 1.82) is 0 Å². The number of sulfone groups is 1. The predicted octanol–water partition coefficient (Wildman–Crippen LogP) is 3.14. The van der Waals surface area contributed by atoms with Gasteiger partial charge in [-0.3, -0.25) is 9.69 Å². The van der Waals surface area contributed by atoms with Crippen LogP contribution >= 0.6 is 0 Å². The Balaban J connectivity index is 1.28. The van der Waals surface area contributed by atoms with Gasteiger partial charge in [-0.1, -0.05) is 48.5 Å². The number of esters is 1. The van der Waals surface area contributed by atoms with Crippen LogP contribution in [-0.4, -0.2) is 62.4 Å². The number of piperazine rings is 1. The minimum atomic E-state index is -3.61. The van der Waals surface area contributed by atoms with Crippen LogP contribution in [0.15, 0.2) is 82.1 Å². The molecule has 1 amide bonds. The molecule has 1 atom stereocenters. The van der Waals surface area contributed by atoms with Crippen molar-refractivity contribution in [3.05, 3.63) is 89.9 Å². The van der Waals surface area contributed by atoms with E-state index >= 15 is 0 Å². The Morgan fingerprint density at radius 2 is 1.54 bits per heavy atom. The number of carbonyl (C=O) groups is 2. The first kappa shape index (κ1) is 24.7. The fourth-order valence-corrected chi connectivity index (χ4v) is 5.23. The maximum atomic E-state index is 12.8. The van der Waals surface area contributed by atoms with E-state index in [0.29, 0.717) is 13.1 Å². The average molecular weight is 497 g/mol. The molecule has 2 aromatic carbocycles. The highest BCUT2D eigenvalue weighted by Gasteiger charge is 2.28. The zero-order chi connectivity index (χ0) is 24.8. The molecule has 0 spiro atoms. The van der Waals surface area contributed by atoms with Gasteiger partial charge >= 0.3 is 5.97 Å². The van der Waals surface area contributed by atoms with Gasteiger partial charge in [0.2, 0.25) is 5.76 Å². The lowest BCUT2D eigenvalue weighted by atomic mass is 10.2. The Hall–Kier alpha value is -3.43. The summed E-state index contributed by atoms with van der Waals surface area (Å²) in [5.74, 6) is -1.48. The normalized spacial score (nSPS) is 15.5. The molecular formula is C26H28N2O6S. The summed E-state index contributed by atoms with van der Waals surface area (Å²) < 4.78 is 35.8. The monoisotopic (exact) mass is 496 g/mol. The van der Waals surface area contributed by atoms with Crippen LogP contribution in [0.2, 0.25) is 0 Å². The highest BCUT2D eigenvalue weighted by molar-refractivity contribution is 7.90. The Kier molecular flexibility index (Phi) is 7.67. The average Bonchev–Trinajstić information content (AvgIpc) is 3.33. The van der Waals surface area contributed by atoms with Gasteiger partial charge in [-0.2, -0.15) is 0 Å². The number of amides is 1. The molecule has 8 nitrogen and oxygen atoms in total. The van der Waals surface area contributed by atoms with Crippen LogP contribution in [-0.2, 0) is 31.7 Å². The van der Waals surface area contributed by atoms with E-state index < -0.39 is 21.9 Å². The molecule has 35 heavy (non-hydrogen) atoms. The molecule has 9 heteroatoms. The van der Waals surface area contributed by atoms with Crippen LogP contribution in [0.1, 0.15) is 28.8 Å². The second-order valence-electron chi connectivity index (χ2n) is 8.47. The van der Waals surface area contributed by atoms with Crippen LogP contribution in [0.25, 0.3) is 0 Å². The molecule has 1 aliphatic heterocycles. The van der Waals surface area contributed by atoms with Gasteiger partial charge in [-0.15, -0.1) is 0 Å². The van der Waals surface area contributed by atoms with Crippen molar-refractivity contribution >= 4 is 21.7 Å². The topological polar surface area (TPSA) is 97.1 Å². The quantitative estimate of drug-likeness (QED) is 0.442. The molecule has 4 rings (SSSR count). The first-order valence-electron chi connectivity index (χ1n) is 11.4.